The van der Waals surface area contributed by atoms with E-state index in [-0.39, 0.29) is 43.2 Å². The van der Waals surface area contributed by atoms with Crippen LogP contribution in [0.2, 0.25) is 0 Å². The molecule has 1 heterocycles. The van der Waals surface area contributed by atoms with Gasteiger partial charge in [-0.2, -0.15) is 0 Å². The Hall–Kier alpha value is -2.19. The van der Waals surface area contributed by atoms with E-state index in [1.54, 1.807) is 0 Å². The maximum absolute atomic E-state index is 13.5. The molecule has 19 heavy (non-hydrogen) atoms. The molecule has 2 rings (SSSR count). The molecule has 1 N–H and O–H groups in total. The molecule has 1 aliphatic heterocycles. The van der Waals surface area contributed by atoms with Gasteiger partial charge in [-0.15, -0.1) is 0 Å². The molecule has 0 bridgehead atoms. The predicted molar refractivity (Wildman–Crippen MR) is 66.7 cm³/mol. The van der Waals surface area contributed by atoms with Crippen molar-refractivity contribution in [2.24, 2.45) is 0 Å². The van der Waals surface area contributed by atoms with Gasteiger partial charge in [0.25, 0.3) is 0 Å². The molecule has 2 amide bonds. The molecule has 5 heteroatoms. The minimum Gasteiger partial charge on any atom is -0.395 e. The fourth-order valence-electron chi connectivity index (χ4n) is 1.83. The van der Waals surface area contributed by atoms with Gasteiger partial charge in [-0.05, 0) is 18.2 Å². The standard InChI is InChI=1S/C14H12FNO3/c15-12-5-4-11(9-10(12)3-1-2-8-17)16-13(18)6-7-14(16)19/h4-5,9,17H,2,6-8H2. The quantitative estimate of drug-likeness (QED) is 0.643. The third kappa shape index (κ3) is 2.80. The lowest BCUT2D eigenvalue weighted by Crippen LogP contribution is -2.28. The SMILES string of the molecule is O=C1CCC(=O)N1c1ccc(F)c(C#CCCO)c1. The number of benzene rings is 1. The number of aliphatic hydroxyl groups excluding tert-OH is 1. The van der Waals surface area contributed by atoms with E-state index in [4.69, 9.17) is 5.11 Å². The summed E-state index contributed by atoms with van der Waals surface area (Å²) in [5.41, 5.74) is 0.445. The summed E-state index contributed by atoms with van der Waals surface area (Å²) in [6.07, 6.45) is 0.606. The number of nitrogens with zero attached hydrogens (tertiary/aromatic N) is 1. The van der Waals surface area contributed by atoms with Crippen molar-refractivity contribution in [3.05, 3.63) is 29.6 Å². The Morgan fingerprint density at radius 2 is 1.95 bits per heavy atom. The van der Waals surface area contributed by atoms with Gasteiger partial charge in [0.15, 0.2) is 0 Å². The normalized spacial score (nSPS) is 14.5. The molecule has 1 fully saturated rings. The molecule has 1 saturated heterocycles. The molecule has 0 aliphatic carbocycles. The summed E-state index contributed by atoms with van der Waals surface area (Å²) in [7, 11) is 0. The average Bonchev–Trinajstić information content (AvgIpc) is 2.72. The molecule has 1 aromatic rings. The third-order valence-corrected chi connectivity index (χ3v) is 2.72. The van der Waals surface area contributed by atoms with Crippen LogP contribution >= 0.6 is 0 Å². The van der Waals surface area contributed by atoms with Gasteiger partial charge >= 0.3 is 0 Å². The van der Waals surface area contributed by atoms with Crippen LogP contribution in [0.15, 0.2) is 18.2 Å². The highest BCUT2D eigenvalue weighted by Gasteiger charge is 2.30. The molecule has 0 saturated carbocycles. The fraction of sp³-hybridized carbons (Fsp3) is 0.286. The Morgan fingerprint density at radius 3 is 2.58 bits per heavy atom. The maximum Gasteiger partial charge on any atom is 0.234 e. The van der Waals surface area contributed by atoms with Crippen LogP contribution < -0.4 is 4.90 Å². The predicted octanol–water partition coefficient (Wildman–Crippen LogP) is 1.21. The van der Waals surface area contributed by atoms with Gasteiger partial charge in [0, 0.05) is 19.3 Å². The van der Waals surface area contributed by atoms with Crippen molar-refractivity contribution in [1.29, 1.82) is 0 Å². The number of halogens is 1. The summed E-state index contributed by atoms with van der Waals surface area (Å²) < 4.78 is 13.5. The minimum absolute atomic E-state index is 0.0998. The van der Waals surface area contributed by atoms with E-state index >= 15 is 0 Å². The highest BCUT2D eigenvalue weighted by molar-refractivity contribution is 6.19. The average molecular weight is 261 g/mol. The van der Waals surface area contributed by atoms with Gasteiger partial charge < -0.3 is 5.11 Å². The monoisotopic (exact) mass is 261 g/mol. The zero-order valence-electron chi connectivity index (χ0n) is 10.1. The zero-order chi connectivity index (χ0) is 13.8. The second-order valence-electron chi connectivity index (χ2n) is 4.06. The van der Waals surface area contributed by atoms with Crippen LogP contribution in [-0.4, -0.2) is 23.5 Å². The molecule has 1 aliphatic rings. The molecule has 4 nitrogen and oxygen atoms in total. The molecule has 98 valence electrons. The van der Waals surface area contributed by atoms with Crippen molar-refractivity contribution in [2.75, 3.05) is 11.5 Å². The molecule has 0 atom stereocenters. The van der Waals surface area contributed by atoms with Gasteiger partial charge in [-0.1, -0.05) is 11.8 Å². The van der Waals surface area contributed by atoms with Crippen molar-refractivity contribution in [3.8, 4) is 11.8 Å². The highest BCUT2D eigenvalue weighted by atomic mass is 19.1. The summed E-state index contributed by atoms with van der Waals surface area (Å²) in [5, 5.41) is 8.62. The molecule has 0 unspecified atom stereocenters. The van der Waals surface area contributed by atoms with Gasteiger partial charge in [0.1, 0.15) is 5.82 Å². The largest absolute Gasteiger partial charge is 0.395 e. The van der Waals surface area contributed by atoms with E-state index in [1.165, 1.54) is 18.2 Å². The Morgan fingerprint density at radius 1 is 1.26 bits per heavy atom. The van der Waals surface area contributed by atoms with E-state index in [0.29, 0.717) is 5.69 Å². The zero-order valence-corrected chi connectivity index (χ0v) is 10.1. The maximum atomic E-state index is 13.5. The van der Waals surface area contributed by atoms with Crippen LogP contribution in [0.1, 0.15) is 24.8 Å². The van der Waals surface area contributed by atoms with E-state index < -0.39 is 5.82 Å². The molecular weight excluding hydrogens is 249 g/mol. The van der Waals surface area contributed by atoms with Crippen LogP contribution in [0.3, 0.4) is 0 Å². The number of rotatable bonds is 2. The van der Waals surface area contributed by atoms with E-state index in [2.05, 4.69) is 11.8 Å². The lowest BCUT2D eigenvalue weighted by atomic mass is 10.1. The van der Waals surface area contributed by atoms with E-state index in [1.807, 2.05) is 0 Å². The van der Waals surface area contributed by atoms with Gasteiger partial charge in [0.05, 0.1) is 17.9 Å². The third-order valence-electron chi connectivity index (χ3n) is 2.72. The summed E-state index contributed by atoms with van der Waals surface area (Å²) in [5.74, 6) is 4.08. The second kappa shape index (κ2) is 5.63. The number of hydrogen-bond acceptors (Lipinski definition) is 3. The number of amides is 2. The lowest BCUT2D eigenvalue weighted by Gasteiger charge is -2.14. The number of imide groups is 1. The van der Waals surface area contributed by atoms with Crippen LogP contribution in [0, 0.1) is 17.7 Å². The smallest absolute Gasteiger partial charge is 0.234 e. The number of carbonyl (C=O) groups excluding carboxylic acids is 2. The first kappa shape index (κ1) is 13.2. The number of carbonyl (C=O) groups is 2. The van der Waals surface area contributed by atoms with Crippen LogP contribution in [0.25, 0.3) is 0 Å². The molecule has 1 aromatic carbocycles. The van der Waals surface area contributed by atoms with Crippen molar-refractivity contribution >= 4 is 17.5 Å². The highest BCUT2D eigenvalue weighted by Crippen LogP contribution is 2.24. The van der Waals surface area contributed by atoms with E-state index in [0.717, 1.165) is 4.90 Å². The van der Waals surface area contributed by atoms with Crippen LogP contribution in [0.4, 0.5) is 10.1 Å². The van der Waals surface area contributed by atoms with Crippen LogP contribution in [0.5, 0.6) is 0 Å². The first-order chi connectivity index (χ1) is 9.13. The first-order valence-corrected chi connectivity index (χ1v) is 5.88. The summed E-state index contributed by atoms with van der Waals surface area (Å²) >= 11 is 0. The molecule has 0 spiro atoms. The molecule has 0 radical (unpaired) electrons. The molecule has 0 aromatic heterocycles. The van der Waals surface area contributed by atoms with Gasteiger partial charge in [-0.3, -0.25) is 14.5 Å². The lowest BCUT2D eigenvalue weighted by molar-refractivity contribution is -0.121. The number of anilines is 1. The fourth-order valence-corrected chi connectivity index (χ4v) is 1.83. The summed E-state index contributed by atoms with van der Waals surface area (Å²) in [6.45, 7) is -0.0998. The Bertz CT molecular complexity index is 570. The first-order valence-electron chi connectivity index (χ1n) is 5.88. The van der Waals surface area contributed by atoms with Gasteiger partial charge in [-0.25, -0.2) is 4.39 Å². The Kier molecular flexibility index (Phi) is 3.93. The summed E-state index contributed by atoms with van der Waals surface area (Å²) in [4.78, 5) is 24.2. The topological polar surface area (TPSA) is 57.6 Å². The van der Waals surface area contributed by atoms with E-state index in [9.17, 15) is 14.0 Å². The Balaban J connectivity index is 2.34. The number of hydrogen-bond donors (Lipinski definition) is 1. The van der Waals surface area contributed by atoms with Gasteiger partial charge in [0.2, 0.25) is 11.8 Å². The van der Waals surface area contributed by atoms with Crippen LogP contribution in [-0.2, 0) is 9.59 Å². The second-order valence-corrected chi connectivity index (χ2v) is 4.06. The number of aliphatic hydroxyl groups is 1. The Labute approximate surface area is 109 Å². The minimum atomic E-state index is -0.520. The summed E-state index contributed by atoms with van der Waals surface area (Å²) in [6, 6.07) is 3.94. The van der Waals surface area contributed by atoms with Crippen molar-refractivity contribution < 1.29 is 19.1 Å². The van der Waals surface area contributed by atoms with Crippen molar-refractivity contribution in [3.63, 3.8) is 0 Å². The van der Waals surface area contributed by atoms with Crippen molar-refractivity contribution in [1.82, 2.24) is 0 Å². The van der Waals surface area contributed by atoms with Crippen molar-refractivity contribution in [2.45, 2.75) is 19.3 Å². The molecular formula is C14H12FNO3.